The van der Waals surface area contributed by atoms with Crippen molar-refractivity contribution in [2.45, 2.75) is 83.7 Å². The Balaban J connectivity index is 1.29. The number of ether oxygens (including phenoxy) is 3. The van der Waals surface area contributed by atoms with Gasteiger partial charge in [-0.15, -0.1) is 0 Å². The summed E-state index contributed by atoms with van der Waals surface area (Å²) in [6.07, 6.45) is 8.95. The molecule has 3 nitrogen and oxygen atoms in total. The maximum atomic E-state index is 15.2. The van der Waals surface area contributed by atoms with E-state index in [4.69, 9.17) is 14.2 Å². The molecule has 35 heavy (non-hydrogen) atoms. The van der Waals surface area contributed by atoms with Crippen molar-refractivity contribution in [1.82, 2.24) is 0 Å². The van der Waals surface area contributed by atoms with E-state index < -0.39 is 17.5 Å². The largest absolute Gasteiger partial charge is 0.491 e. The predicted octanol–water partition coefficient (Wildman–Crippen LogP) is 8.07. The summed E-state index contributed by atoms with van der Waals surface area (Å²) in [5, 5.41) is 0. The Morgan fingerprint density at radius 2 is 1.66 bits per heavy atom. The number of rotatable bonds is 6. The number of fused-ring (bicyclic) bond motifs is 2. The Bertz CT molecular complexity index is 1050. The van der Waals surface area contributed by atoms with Crippen LogP contribution in [-0.4, -0.2) is 19.3 Å². The zero-order valence-corrected chi connectivity index (χ0v) is 20.7. The summed E-state index contributed by atoms with van der Waals surface area (Å²) in [4.78, 5) is 0. The van der Waals surface area contributed by atoms with Crippen molar-refractivity contribution in [3.8, 4) is 17.2 Å². The molecule has 190 valence electrons. The predicted molar refractivity (Wildman–Crippen MR) is 129 cm³/mol. The molecular weight excluding hydrogens is 453 g/mol. The summed E-state index contributed by atoms with van der Waals surface area (Å²) in [7, 11) is 0. The van der Waals surface area contributed by atoms with Crippen LogP contribution in [0.25, 0.3) is 0 Å². The molecule has 0 radical (unpaired) electrons. The third-order valence-corrected chi connectivity index (χ3v) is 8.13. The van der Waals surface area contributed by atoms with Gasteiger partial charge < -0.3 is 14.2 Å². The summed E-state index contributed by atoms with van der Waals surface area (Å²) in [5.41, 5.74) is 1.59. The molecule has 3 aliphatic rings. The number of hydrogen-bond donors (Lipinski definition) is 0. The van der Waals surface area contributed by atoms with Gasteiger partial charge in [-0.2, -0.15) is 8.78 Å². The highest BCUT2D eigenvalue weighted by molar-refractivity contribution is 5.55. The summed E-state index contributed by atoms with van der Waals surface area (Å²) in [6, 6.07) is 5.03. The standard InChI is InChI=1S/C29H35F3O3/c1-3-5-17-6-12-23(34-16-17)19-9-7-18(8-10-19)22-15-21-14-20-11-13-24(33-4-2)26(31)28(20)35-29(21)27(32)25(22)30/h11,13,15,17-19,23H,3-10,12,14,16H2,1-2H3. The maximum Gasteiger partial charge on any atom is 0.207 e. The molecule has 0 spiro atoms. The molecule has 1 aliphatic carbocycles. The fourth-order valence-electron chi connectivity index (χ4n) is 6.26. The lowest BCUT2D eigenvalue weighted by Gasteiger charge is -2.38. The highest BCUT2D eigenvalue weighted by Gasteiger charge is 2.35. The topological polar surface area (TPSA) is 27.7 Å². The van der Waals surface area contributed by atoms with Crippen molar-refractivity contribution in [2.75, 3.05) is 13.2 Å². The van der Waals surface area contributed by atoms with Gasteiger partial charge in [0.1, 0.15) is 0 Å². The second-order valence-electron chi connectivity index (χ2n) is 10.4. The molecule has 0 amide bonds. The molecule has 5 rings (SSSR count). The molecule has 2 atom stereocenters. The number of halogens is 3. The Hall–Kier alpha value is -2.21. The molecule has 6 heteroatoms. The fourth-order valence-corrected chi connectivity index (χ4v) is 6.26. The van der Waals surface area contributed by atoms with Crippen LogP contribution >= 0.6 is 0 Å². The van der Waals surface area contributed by atoms with Crippen LogP contribution in [0.1, 0.15) is 87.8 Å². The van der Waals surface area contributed by atoms with Gasteiger partial charge in [-0.3, -0.25) is 0 Å². The van der Waals surface area contributed by atoms with Gasteiger partial charge in [-0.1, -0.05) is 19.4 Å². The van der Waals surface area contributed by atoms with Crippen molar-refractivity contribution < 1.29 is 27.4 Å². The van der Waals surface area contributed by atoms with Gasteiger partial charge in [-0.25, -0.2) is 4.39 Å². The molecule has 2 aromatic carbocycles. The average Bonchev–Trinajstić information content (AvgIpc) is 2.88. The number of hydrogen-bond acceptors (Lipinski definition) is 3. The molecule has 2 heterocycles. The first-order chi connectivity index (χ1) is 17.0. The zero-order chi connectivity index (χ0) is 24.5. The fraction of sp³-hybridized carbons (Fsp3) is 0.586. The van der Waals surface area contributed by atoms with Crippen LogP contribution in [0, 0.1) is 29.3 Å². The van der Waals surface area contributed by atoms with Crippen molar-refractivity contribution in [3.05, 3.63) is 52.3 Å². The van der Waals surface area contributed by atoms with Gasteiger partial charge >= 0.3 is 0 Å². The van der Waals surface area contributed by atoms with Crippen molar-refractivity contribution in [2.24, 2.45) is 11.8 Å². The van der Waals surface area contributed by atoms with Gasteiger partial charge in [0.15, 0.2) is 23.1 Å². The van der Waals surface area contributed by atoms with Crippen LogP contribution in [0.4, 0.5) is 13.2 Å². The molecule has 2 unspecified atom stereocenters. The molecule has 0 aromatic heterocycles. The van der Waals surface area contributed by atoms with Crippen LogP contribution in [0.3, 0.4) is 0 Å². The molecule has 0 N–H and O–H groups in total. The minimum atomic E-state index is -1.02. The van der Waals surface area contributed by atoms with E-state index in [2.05, 4.69) is 6.92 Å². The highest BCUT2D eigenvalue weighted by atomic mass is 19.2. The van der Waals surface area contributed by atoms with Crippen molar-refractivity contribution >= 4 is 0 Å². The Morgan fingerprint density at radius 1 is 0.886 bits per heavy atom. The van der Waals surface area contributed by atoms with Crippen LogP contribution in [0.15, 0.2) is 18.2 Å². The van der Waals surface area contributed by atoms with Crippen molar-refractivity contribution in [1.29, 1.82) is 0 Å². The summed E-state index contributed by atoms with van der Waals surface area (Å²) >= 11 is 0. The third-order valence-electron chi connectivity index (χ3n) is 8.13. The SMILES string of the molecule is CCCC1CCC(C2CCC(c3cc4c(c(F)c3F)Oc3c(ccc(OCC)c3F)C4)CC2)OC1. The lowest BCUT2D eigenvalue weighted by atomic mass is 9.74. The van der Waals surface area contributed by atoms with E-state index >= 15 is 8.78 Å². The van der Waals surface area contributed by atoms with E-state index in [1.165, 1.54) is 19.3 Å². The molecule has 2 fully saturated rings. The molecule has 0 bridgehead atoms. The zero-order valence-electron chi connectivity index (χ0n) is 20.7. The van der Waals surface area contributed by atoms with E-state index in [0.29, 0.717) is 47.7 Å². The second kappa shape index (κ2) is 10.4. The summed E-state index contributed by atoms with van der Waals surface area (Å²) in [6.45, 7) is 5.13. The quantitative estimate of drug-likeness (QED) is 0.351. The van der Waals surface area contributed by atoms with E-state index in [-0.39, 0.29) is 23.2 Å². The first kappa shape index (κ1) is 24.5. The second-order valence-corrected chi connectivity index (χ2v) is 10.4. The van der Waals surface area contributed by atoms with E-state index in [0.717, 1.165) is 38.7 Å². The molecule has 1 saturated heterocycles. The highest BCUT2D eigenvalue weighted by Crippen LogP contribution is 2.47. The Labute approximate surface area is 206 Å². The Morgan fingerprint density at radius 3 is 2.34 bits per heavy atom. The summed E-state index contributed by atoms with van der Waals surface area (Å²) < 4.78 is 62.3. The number of benzene rings is 2. The minimum Gasteiger partial charge on any atom is -0.491 e. The molecule has 2 aromatic rings. The van der Waals surface area contributed by atoms with Crippen LogP contribution in [0.5, 0.6) is 17.2 Å². The molecule has 2 aliphatic heterocycles. The molecular formula is C29H35F3O3. The lowest BCUT2D eigenvalue weighted by molar-refractivity contribution is -0.0576. The van der Waals surface area contributed by atoms with Crippen LogP contribution in [0.2, 0.25) is 0 Å². The van der Waals surface area contributed by atoms with Gasteiger partial charge in [0.05, 0.1) is 12.7 Å². The summed E-state index contributed by atoms with van der Waals surface area (Å²) in [5.74, 6) is -1.65. The molecule has 1 saturated carbocycles. The first-order valence-corrected chi connectivity index (χ1v) is 13.2. The van der Waals surface area contributed by atoms with E-state index in [1.54, 1.807) is 25.1 Å². The smallest absolute Gasteiger partial charge is 0.207 e. The maximum absolute atomic E-state index is 15.2. The third kappa shape index (κ3) is 4.78. The minimum absolute atomic E-state index is 0.0269. The van der Waals surface area contributed by atoms with Crippen LogP contribution < -0.4 is 9.47 Å². The monoisotopic (exact) mass is 488 g/mol. The van der Waals surface area contributed by atoms with Crippen LogP contribution in [-0.2, 0) is 11.2 Å². The normalized spacial score (nSPS) is 26.0. The van der Waals surface area contributed by atoms with E-state index in [1.807, 2.05) is 0 Å². The Kier molecular flexibility index (Phi) is 7.29. The van der Waals surface area contributed by atoms with Gasteiger partial charge in [0.2, 0.25) is 11.6 Å². The van der Waals surface area contributed by atoms with Gasteiger partial charge in [-0.05, 0) is 87.3 Å². The average molecular weight is 489 g/mol. The first-order valence-electron chi connectivity index (χ1n) is 13.2. The van der Waals surface area contributed by atoms with E-state index in [9.17, 15) is 4.39 Å². The van der Waals surface area contributed by atoms with Crippen molar-refractivity contribution in [3.63, 3.8) is 0 Å². The van der Waals surface area contributed by atoms with Gasteiger partial charge in [0, 0.05) is 24.2 Å². The lowest BCUT2D eigenvalue weighted by Crippen LogP contribution is -2.34. The van der Waals surface area contributed by atoms with Gasteiger partial charge in [0.25, 0.3) is 0 Å².